The quantitative estimate of drug-likeness (QED) is 0.0132. The molecular formula is C96H138B4Br2N8O16. The van der Waals surface area contributed by atoms with Crippen molar-refractivity contribution in [2.75, 3.05) is 52.4 Å². The lowest BCUT2D eigenvalue weighted by molar-refractivity contribution is -0.148. The Hall–Kier alpha value is -6.22. The molecule has 6 aromatic carbocycles. The second kappa shape index (κ2) is 47.7. The van der Waals surface area contributed by atoms with Crippen molar-refractivity contribution in [2.45, 2.75) is 277 Å². The molecule has 0 radical (unpaired) electrons. The molecule has 6 aromatic rings. The van der Waals surface area contributed by atoms with Gasteiger partial charge in [-0.25, -0.2) is 0 Å². The zero-order valence-electron chi connectivity index (χ0n) is 73.6. The summed E-state index contributed by atoms with van der Waals surface area (Å²) >= 11 is 7.38. The van der Waals surface area contributed by atoms with E-state index in [4.69, 9.17) is 63.1 Å². The summed E-state index contributed by atoms with van der Waals surface area (Å²) in [7, 11) is -5.37. The Morgan fingerprint density at radius 2 is 0.563 bits per heavy atom. The zero-order valence-corrected chi connectivity index (χ0v) is 76.8. The van der Waals surface area contributed by atoms with E-state index in [0.29, 0.717) is 101 Å². The largest absolute Gasteiger partial charge is 0.480 e. The van der Waals surface area contributed by atoms with E-state index in [1.165, 1.54) is 101 Å². The topological polar surface area (TPSA) is 428 Å². The number of unbranched alkanes of at least 4 members (excludes halogenated alkanes) is 4. The Labute approximate surface area is 763 Å². The molecule has 126 heavy (non-hydrogen) atoms. The molecule has 0 saturated carbocycles. The number of rotatable bonds is 34. The van der Waals surface area contributed by atoms with Gasteiger partial charge in [0.05, 0.1) is 0 Å². The smallest absolute Gasteiger partial charge is 0.451 e. The van der Waals surface area contributed by atoms with Gasteiger partial charge in [-0.05, 0) is 334 Å². The fraction of sp³-hybridized carbons (Fsp3) is 0.583. The number of carboxylic acid groups (broad SMARTS) is 4. The molecule has 20 N–H and O–H groups in total. The molecule has 30 heteroatoms. The summed E-state index contributed by atoms with van der Waals surface area (Å²) in [6.45, 7) is 6.89. The summed E-state index contributed by atoms with van der Waals surface area (Å²) in [5.41, 5.74) is 37.1. The number of aryl methyl sites for hydroxylation is 2. The molecule has 4 aliphatic heterocycles. The minimum Gasteiger partial charge on any atom is -0.480 e. The maximum atomic E-state index is 12.1. The molecule has 8 aliphatic rings. The van der Waals surface area contributed by atoms with Gasteiger partial charge in [-0.3, -0.25) is 38.8 Å². The van der Waals surface area contributed by atoms with E-state index in [-0.39, 0.29) is 49.0 Å². The van der Waals surface area contributed by atoms with Crippen LogP contribution in [0.4, 0.5) is 0 Å². The SMILES string of the molecule is N[C@@](CCCCB(O)O)(C(=O)O)C1CCN(C2CCCc3c(Br)cccc32)CC1.N[C@@](CCCCB(O)O)(C(=O)O)C1CCN(C2CCCc3cc(-c4ccccc4)ccc32)CC1.N[C@](CCCCB(O)O)(C(=O)O)C1CCN(C2CCCc3c(Br)cccc32)CC1.N[C@](CCCCB(O)O)(C(=O)O)C1CCN(C2CCCc3cc(-c4ccccc4)ccc32)CC1. The highest BCUT2D eigenvalue weighted by Gasteiger charge is 2.49. The van der Waals surface area contributed by atoms with Gasteiger partial charge in [0.2, 0.25) is 0 Å². The molecule has 684 valence electrons. The second-order valence-electron chi connectivity index (χ2n) is 37.3. The number of nitrogens with zero attached hydrogens (tertiary/aromatic N) is 4. The molecule has 8 atom stereocenters. The number of hydrogen-bond acceptors (Lipinski definition) is 20. The number of piperidine rings is 4. The molecule has 24 nitrogen and oxygen atoms in total. The Morgan fingerprint density at radius 1 is 0.310 bits per heavy atom. The summed E-state index contributed by atoms with van der Waals surface area (Å²) in [6.07, 6.45) is 27.0. The summed E-state index contributed by atoms with van der Waals surface area (Å²) in [5, 5.41) is 112. The molecule has 0 amide bonds. The molecule has 0 bridgehead atoms. The minimum atomic E-state index is -1.35. The normalized spacial score (nSPS) is 21.8. The standard InChI is InChI=1S/2C27H37BN2O4.2C21H32BBrN2O4/c2*29-27(26(31)32,15-4-5-16-28(33)34)23-13-17-30(18-14-23)25-10-6-9-22-19-21(11-12-24(22)25)20-7-2-1-3-8-20;2*23-18-7-3-6-17-16(18)5-4-8-19(17)25-13-9-15(10-14-25)21(24,20(26)27)11-1-2-12-22(28)29/h2*1-3,7-8,11-12,19,23,25,33-34H,4-6,9-10,13-18,29H2,(H,31,32);2*3,6-7,15,19,28-29H,1-2,4-5,8-14,24H2,(H,26,27)/t2*25?,27-;2*19?,21-/m1010/s1. The van der Waals surface area contributed by atoms with Gasteiger partial charge in [-0.2, -0.15) is 0 Å². The highest BCUT2D eigenvalue weighted by atomic mass is 79.9. The van der Waals surface area contributed by atoms with Gasteiger partial charge in [-0.15, -0.1) is 0 Å². The van der Waals surface area contributed by atoms with Gasteiger partial charge in [0.1, 0.15) is 22.2 Å². The number of aliphatic carboxylic acids is 4. The van der Waals surface area contributed by atoms with E-state index in [2.05, 4.69) is 173 Å². The molecule has 4 unspecified atom stereocenters. The van der Waals surface area contributed by atoms with Crippen molar-refractivity contribution in [3.8, 4) is 22.3 Å². The number of halogens is 2. The molecule has 0 spiro atoms. The van der Waals surface area contributed by atoms with Crippen molar-refractivity contribution >= 4 is 84.2 Å². The number of likely N-dealkylation sites (tertiary alicyclic amines) is 4. The van der Waals surface area contributed by atoms with Crippen LogP contribution in [0.25, 0.3) is 22.3 Å². The van der Waals surface area contributed by atoms with Crippen LogP contribution in [0.15, 0.2) is 142 Å². The fourth-order valence-corrected chi connectivity index (χ4v) is 23.3. The van der Waals surface area contributed by atoms with Crippen molar-refractivity contribution in [3.63, 3.8) is 0 Å². The predicted octanol–water partition coefficient (Wildman–Crippen LogP) is 13.7. The lowest BCUT2D eigenvalue weighted by atomic mass is 9.73. The molecule has 4 saturated heterocycles. The third-order valence-electron chi connectivity index (χ3n) is 29.5. The maximum absolute atomic E-state index is 12.1. The van der Waals surface area contributed by atoms with Crippen LogP contribution in [0.5, 0.6) is 0 Å². The monoisotopic (exact) mass is 1860 g/mol. The highest BCUT2D eigenvalue weighted by Crippen LogP contribution is 2.47. The van der Waals surface area contributed by atoms with Gasteiger partial charge in [0.25, 0.3) is 0 Å². The third-order valence-corrected chi connectivity index (χ3v) is 31.0. The van der Waals surface area contributed by atoms with Crippen molar-refractivity contribution < 1.29 is 79.8 Å². The molecule has 4 heterocycles. The second-order valence-corrected chi connectivity index (χ2v) is 39.0. The first-order valence-corrected chi connectivity index (χ1v) is 48.4. The molecular weight excluding hydrogens is 1720 g/mol. The van der Waals surface area contributed by atoms with Crippen LogP contribution in [-0.2, 0) is 44.9 Å². The van der Waals surface area contributed by atoms with E-state index in [1.807, 2.05) is 12.1 Å². The van der Waals surface area contributed by atoms with Gasteiger partial charge >= 0.3 is 52.4 Å². The van der Waals surface area contributed by atoms with Crippen LogP contribution in [0, 0.1) is 23.7 Å². The minimum absolute atomic E-state index is 0.0547. The van der Waals surface area contributed by atoms with E-state index < -0.39 is 74.5 Å². The summed E-state index contributed by atoms with van der Waals surface area (Å²) in [5.74, 6) is -3.99. The third kappa shape index (κ3) is 26.2. The summed E-state index contributed by atoms with van der Waals surface area (Å²) in [6, 6.07) is 49.2. The predicted molar refractivity (Wildman–Crippen MR) is 506 cm³/mol. The van der Waals surface area contributed by atoms with E-state index in [9.17, 15) is 39.6 Å². The number of fused-ring (bicyclic) bond motifs is 4. The summed E-state index contributed by atoms with van der Waals surface area (Å²) in [4.78, 5) is 58.3. The van der Waals surface area contributed by atoms with Crippen molar-refractivity contribution in [1.82, 2.24) is 19.6 Å². The average Bonchev–Trinajstić information content (AvgIpc) is 0.787. The van der Waals surface area contributed by atoms with Crippen LogP contribution in [0.1, 0.15) is 248 Å². The maximum Gasteiger partial charge on any atom is 0.451 e. The van der Waals surface area contributed by atoms with Crippen LogP contribution >= 0.6 is 31.9 Å². The molecule has 4 fully saturated rings. The Balaban J connectivity index is 0.000000164. The van der Waals surface area contributed by atoms with Gasteiger partial charge < -0.3 is 83.6 Å². The fourth-order valence-electron chi connectivity index (χ4n) is 22.1. The number of hydrogen-bond donors (Lipinski definition) is 16. The van der Waals surface area contributed by atoms with Crippen LogP contribution in [0.3, 0.4) is 0 Å². The number of nitrogens with two attached hydrogens (primary N) is 4. The Morgan fingerprint density at radius 3 is 0.817 bits per heavy atom. The molecule has 0 aromatic heterocycles. The Kier molecular flexibility index (Phi) is 38.0. The number of carboxylic acids is 4. The van der Waals surface area contributed by atoms with Gasteiger partial charge in [0, 0.05) is 33.1 Å². The number of carbonyl (C=O) groups is 4. The van der Waals surface area contributed by atoms with Crippen LogP contribution in [-0.4, -0.2) is 207 Å². The molecule has 14 rings (SSSR count). The van der Waals surface area contributed by atoms with Crippen LogP contribution in [0.2, 0.25) is 25.3 Å². The number of benzene rings is 6. The van der Waals surface area contributed by atoms with Crippen molar-refractivity contribution in [2.24, 2.45) is 46.6 Å². The molecule has 4 aliphatic carbocycles. The van der Waals surface area contributed by atoms with E-state index in [1.54, 1.807) is 0 Å². The highest BCUT2D eigenvalue weighted by molar-refractivity contribution is 9.10. The average molecular weight is 1860 g/mol. The van der Waals surface area contributed by atoms with Gasteiger partial charge in [-0.1, -0.05) is 205 Å². The first kappa shape index (κ1) is 100. The van der Waals surface area contributed by atoms with Gasteiger partial charge in [0.15, 0.2) is 0 Å². The lowest BCUT2D eigenvalue weighted by Gasteiger charge is -2.44. The van der Waals surface area contributed by atoms with Crippen LogP contribution < -0.4 is 22.9 Å². The van der Waals surface area contributed by atoms with Crippen molar-refractivity contribution in [3.05, 3.63) is 187 Å². The summed E-state index contributed by atoms with van der Waals surface area (Å²) < 4.78 is 2.38. The first-order chi connectivity index (χ1) is 60.4. The zero-order chi connectivity index (χ0) is 90.3. The first-order valence-electron chi connectivity index (χ1n) is 46.8. The van der Waals surface area contributed by atoms with E-state index >= 15 is 0 Å². The van der Waals surface area contributed by atoms with Crippen molar-refractivity contribution in [1.29, 1.82) is 0 Å². The van der Waals surface area contributed by atoms with E-state index in [0.717, 1.165) is 155 Å². The Bertz CT molecular complexity index is 4170. The lowest BCUT2D eigenvalue weighted by Crippen LogP contribution is -2.57.